The molecule has 1 aliphatic heterocycles. The summed E-state index contributed by atoms with van der Waals surface area (Å²) in [5.41, 5.74) is 3.16. The molecule has 36 heavy (non-hydrogen) atoms. The van der Waals surface area contributed by atoms with Gasteiger partial charge in [0.15, 0.2) is 5.78 Å². The van der Waals surface area contributed by atoms with Crippen molar-refractivity contribution in [3.63, 3.8) is 0 Å². The van der Waals surface area contributed by atoms with Crippen LogP contribution in [0.1, 0.15) is 43.9 Å². The zero-order valence-electron chi connectivity index (χ0n) is 20.8. The van der Waals surface area contributed by atoms with Gasteiger partial charge in [-0.05, 0) is 53.7 Å². The Morgan fingerprint density at radius 3 is 1.81 bits per heavy atom. The number of amides is 2. The second kappa shape index (κ2) is 7.86. The van der Waals surface area contributed by atoms with Crippen molar-refractivity contribution >= 4 is 34.4 Å². The van der Waals surface area contributed by atoms with Crippen LogP contribution in [0.25, 0.3) is 11.1 Å². The molecule has 3 aliphatic rings. The van der Waals surface area contributed by atoms with Crippen LogP contribution in [-0.2, 0) is 20.8 Å². The Bertz CT molecular complexity index is 1440. The minimum absolute atomic E-state index is 0.00957. The van der Waals surface area contributed by atoms with Gasteiger partial charge in [-0.3, -0.25) is 14.4 Å². The van der Waals surface area contributed by atoms with Crippen LogP contribution in [0, 0.1) is 22.7 Å². The van der Waals surface area contributed by atoms with E-state index in [9.17, 15) is 14.4 Å². The monoisotopic (exact) mass is 475 g/mol. The van der Waals surface area contributed by atoms with Crippen molar-refractivity contribution in [1.82, 2.24) is 0 Å². The van der Waals surface area contributed by atoms with Crippen LogP contribution in [0.3, 0.4) is 0 Å². The summed E-state index contributed by atoms with van der Waals surface area (Å²) < 4.78 is 0. The summed E-state index contributed by atoms with van der Waals surface area (Å²) in [7, 11) is 0. The maximum atomic E-state index is 14.5. The third kappa shape index (κ3) is 2.57. The van der Waals surface area contributed by atoms with Crippen LogP contribution in [0.4, 0.5) is 5.69 Å². The predicted molar refractivity (Wildman–Crippen MR) is 141 cm³/mol. The Kier molecular flexibility index (Phi) is 4.95. The molecule has 0 aromatic heterocycles. The summed E-state index contributed by atoms with van der Waals surface area (Å²) >= 11 is 0. The van der Waals surface area contributed by atoms with Gasteiger partial charge in [-0.1, -0.05) is 92.7 Å². The van der Waals surface area contributed by atoms with Gasteiger partial charge in [-0.2, -0.15) is 0 Å². The predicted octanol–water partition coefficient (Wildman–Crippen LogP) is 5.96. The maximum absolute atomic E-state index is 14.5. The minimum Gasteiger partial charge on any atom is -0.298 e. The molecule has 2 aliphatic carbocycles. The first-order valence-corrected chi connectivity index (χ1v) is 12.8. The number of carbonyl (C=O) groups is 3. The number of ketones is 1. The molecule has 0 N–H and O–H groups in total. The van der Waals surface area contributed by atoms with Gasteiger partial charge >= 0.3 is 0 Å². The van der Waals surface area contributed by atoms with Gasteiger partial charge in [0.25, 0.3) is 0 Å². The summed E-state index contributed by atoms with van der Waals surface area (Å²) in [6.45, 7) is 5.91. The van der Waals surface area contributed by atoms with Gasteiger partial charge in [-0.25, -0.2) is 4.90 Å². The van der Waals surface area contributed by atoms with Gasteiger partial charge in [0.05, 0.1) is 28.4 Å². The highest BCUT2D eigenvalue weighted by Crippen LogP contribution is 2.74. The van der Waals surface area contributed by atoms with E-state index in [-0.39, 0.29) is 17.6 Å². The first-order chi connectivity index (χ1) is 17.4. The number of fused-ring (bicyclic) bond motifs is 5. The third-order valence-corrected chi connectivity index (χ3v) is 8.85. The number of nitrogens with zero attached hydrogens (tertiary/aromatic N) is 1. The Hall–Kier alpha value is -3.79. The molecule has 4 atom stereocenters. The lowest BCUT2D eigenvalue weighted by Crippen LogP contribution is -2.41. The van der Waals surface area contributed by atoms with Gasteiger partial charge < -0.3 is 0 Å². The Morgan fingerprint density at radius 2 is 1.22 bits per heavy atom. The smallest absolute Gasteiger partial charge is 0.239 e. The number of hydrogen-bond acceptors (Lipinski definition) is 3. The number of benzene rings is 3. The fourth-order valence-corrected chi connectivity index (χ4v) is 7.39. The number of anilines is 1. The Balaban J connectivity index is 1.65. The lowest BCUT2D eigenvalue weighted by molar-refractivity contribution is -0.134. The number of carbonyl (C=O) groups excluding carboxylic acids is 3. The molecular weight excluding hydrogens is 446 g/mol. The molecule has 3 aromatic carbocycles. The maximum Gasteiger partial charge on any atom is 0.239 e. The fraction of sp³-hybridized carbons (Fsp3) is 0.281. The van der Waals surface area contributed by atoms with Crippen LogP contribution in [0.2, 0.25) is 0 Å². The first kappa shape index (κ1) is 22.7. The van der Waals surface area contributed by atoms with Crippen molar-refractivity contribution in [3.05, 3.63) is 102 Å². The summed E-state index contributed by atoms with van der Waals surface area (Å²) in [6, 6.07) is 27.5. The minimum atomic E-state index is -1.09. The normalized spacial score (nSPS) is 28.9. The largest absolute Gasteiger partial charge is 0.298 e. The third-order valence-electron chi connectivity index (χ3n) is 8.85. The van der Waals surface area contributed by atoms with Crippen LogP contribution in [0.5, 0.6) is 0 Å². The lowest BCUT2D eigenvalue weighted by Gasteiger charge is -2.37. The van der Waals surface area contributed by atoms with E-state index in [1.807, 2.05) is 106 Å². The van der Waals surface area contributed by atoms with Crippen molar-refractivity contribution in [2.45, 2.75) is 33.6 Å². The summed E-state index contributed by atoms with van der Waals surface area (Å²) in [5.74, 6) is -1.91. The summed E-state index contributed by atoms with van der Waals surface area (Å²) in [4.78, 5) is 44.4. The molecule has 1 saturated heterocycles. The zero-order chi connectivity index (χ0) is 25.2. The van der Waals surface area contributed by atoms with E-state index in [4.69, 9.17) is 0 Å². The molecule has 4 heteroatoms. The molecule has 3 aromatic rings. The van der Waals surface area contributed by atoms with Crippen LogP contribution >= 0.6 is 0 Å². The van der Waals surface area contributed by atoms with Gasteiger partial charge in [0.2, 0.25) is 11.8 Å². The fourth-order valence-electron chi connectivity index (χ4n) is 7.39. The van der Waals surface area contributed by atoms with Crippen molar-refractivity contribution in [2.24, 2.45) is 22.7 Å². The van der Waals surface area contributed by atoms with Crippen molar-refractivity contribution in [2.75, 3.05) is 4.90 Å². The lowest BCUT2D eigenvalue weighted by atomic mass is 9.62. The zero-order valence-corrected chi connectivity index (χ0v) is 20.8. The number of aryl methyl sites for hydroxylation is 1. The molecule has 0 unspecified atom stereocenters. The van der Waals surface area contributed by atoms with Crippen LogP contribution in [0.15, 0.2) is 84.9 Å². The van der Waals surface area contributed by atoms with Crippen molar-refractivity contribution < 1.29 is 14.4 Å². The highest BCUT2D eigenvalue weighted by Gasteiger charge is 2.79. The number of para-hydroxylation sites is 1. The molecule has 2 fully saturated rings. The summed E-state index contributed by atoms with van der Waals surface area (Å²) in [5, 5.41) is 0. The molecule has 6 rings (SSSR count). The molecular formula is C32H29NO3. The Labute approximate surface area is 211 Å². The average Bonchev–Trinajstić information content (AvgIpc) is 3.39. The second-order valence-corrected chi connectivity index (χ2v) is 10.3. The SMILES string of the molecule is CCc1ccccc1N1C(=O)[C@H]2[C@H](C1=O)[C@@]1(CC)C(=O)[C@@]2(C)C(c2ccccc2)=C1c1ccccc1. The van der Waals surface area contributed by atoms with Crippen LogP contribution in [-0.4, -0.2) is 17.6 Å². The van der Waals surface area contributed by atoms with E-state index in [0.717, 1.165) is 27.8 Å². The number of imide groups is 1. The van der Waals surface area contributed by atoms with Gasteiger partial charge in [0, 0.05) is 0 Å². The van der Waals surface area contributed by atoms with Crippen LogP contribution < -0.4 is 4.90 Å². The highest BCUT2D eigenvalue weighted by molar-refractivity contribution is 6.34. The molecule has 4 nitrogen and oxygen atoms in total. The number of Topliss-reactive ketones (excluding diaryl/α,β-unsaturated/α-hetero) is 1. The quantitative estimate of drug-likeness (QED) is 0.428. The molecule has 0 spiro atoms. The molecule has 2 amide bonds. The van der Waals surface area contributed by atoms with Gasteiger partial charge in [-0.15, -0.1) is 0 Å². The molecule has 1 saturated carbocycles. The molecule has 1 heterocycles. The number of rotatable bonds is 5. The van der Waals surface area contributed by atoms with E-state index in [1.54, 1.807) is 0 Å². The average molecular weight is 476 g/mol. The van der Waals surface area contributed by atoms with E-state index >= 15 is 0 Å². The summed E-state index contributed by atoms with van der Waals surface area (Å²) in [6.07, 6.45) is 1.17. The van der Waals surface area contributed by atoms with Crippen molar-refractivity contribution in [1.29, 1.82) is 0 Å². The highest BCUT2D eigenvalue weighted by atomic mass is 16.2. The molecule has 2 bridgehead atoms. The second-order valence-electron chi connectivity index (χ2n) is 10.3. The van der Waals surface area contributed by atoms with Crippen molar-refractivity contribution in [3.8, 4) is 0 Å². The van der Waals surface area contributed by atoms with E-state index < -0.39 is 22.7 Å². The number of hydrogen-bond donors (Lipinski definition) is 0. The first-order valence-electron chi connectivity index (χ1n) is 12.8. The standard InChI is InChI=1S/C32H29NO3/c1-4-20-14-12-13-19-23(20)33-28(34)26-27(29(33)35)32(5-2)25(22-17-10-7-11-18-22)24(31(26,3)30(32)36)21-15-8-6-9-16-21/h6-19,26-27H,4-5H2,1-3H3/t26-,27-,31+,32+/m1/s1. The number of allylic oxidation sites excluding steroid dienone is 2. The van der Waals surface area contributed by atoms with E-state index in [0.29, 0.717) is 18.5 Å². The molecule has 180 valence electrons. The molecule has 0 radical (unpaired) electrons. The van der Waals surface area contributed by atoms with E-state index in [2.05, 4.69) is 0 Å². The van der Waals surface area contributed by atoms with E-state index in [1.165, 1.54) is 4.90 Å². The Morgan fingerprint density at radius 1 is 0.694 bits per heavy atom. The topological polar surface area (TPSA) is 54.5 Å². The van der Waals surface area contributed by atoms with Gasteiger partial charge in [0.1, 0.15) is 0 Å².